The standard InChI is InChI=1S/C12H16F2N2O/c1-8(15)3-6-12(17)16(2)11-5-4-9(13)7-10(11)14/h4-5,7-8H,3,6,15H2,1-2H3. The van der Waals surface area contributed by atoms with E-state index in [0.717, 1.165) is 12.1 Å². The van der Waals surface area contributed by atoms with E-state index in [2.05, 4.69) is 0 Å². The van der Waals surface area contributed by atoms with Crippen molar-refractivity contribution in [3.05, 3.63) is 29.8 Å². The molecule has 5 heteroatoms. The highest BCUT2D eigenvalue weighted by Gasteiger charge is 2.15. The van der Waals surface area contributed by atoms with Gasteiger partial charge in [0.2, 0.25) is 5.91 Å². The van der Waals surface area contributed by atoms with Crippen LogP contribution in [0.25, 0.3) is 0 Å². The average molecular weight is 242 g/mol. The molecule has 1 amide bonds. The van der Waals surface area contributed by atoms with Crippen LogP contribution in [0.3, 0.4) is 0 Å². The molecule has 0 spiro atoms. The third-order valence-corrected chi connectivity index (χ3v) is 2.46. The van der Waals surface area contributed by atoms with Crippen molar-refractivity contribution in [3.63, 3.8) is 0 Å². The predicted octanol–water partition coefficient (Wildman–Crippen LogP) is 2.05. The van der Waals surface area contributed by atoms with Crippen molar-refractivity contribution >= 4 is 11.6 Å². The number of nitrogens with zero attached hydrogens (tertiary/aromatic N) is 1. The number of hydrogen-bond donors (Lipinski definition) is 1. The van der Waals surface area contributed by atoms with Crippen molar-refractivity contribution in [3.8, 4) is 0 Å². The van der Waals surface area contributed by atoms with Crippen molar-refractivity contribution in [2.45, 2.75) is 25.8 Å². The molecule has 0 aliphatic heterocycles. The first kappa shape index (κ1) is 13.6. The minimum atomic E-state index is -0.748. The zero-order valence-electron chi connectivity index (χ0n) is 9.91. The van der Waals surface area contributed by atoms with Crippen molar-refractivity contribution in [2.24, 2.45) is 5.73 Å². The maximum absolute atomic E-state index is 13.4. The van der Waals surface area contributed by atoms with Crippen molar-refractivity contribution in [1.29, 1.82) is 0 Å². The topological polar surface area (TPSA) is 46.3 Å². The number of carbonyl (C=O) groups is 1. The van der Waals surface area contributed by atoms with Gasteiger partial charge in [-0.2, -0.15) is 0 Å². The fourth-order valence-corrected chi connectivity index (χ4v) is 1.41. The molecule has 3 nitrogen and oxygen atoms in total. The summed E-state index contributed by atoms with van der Waals surface area (Å²) in [6, 6.07) is 3.04. The van der Waals surface area contributed by atoms with Crippen LogP contribution >= 0.6 is 0 Å². The van der Waals surface area contributed by atoms with Crippen LogP contribution in [0.15, 0.2) is 18.2 Å². The Morgan fingerprint density at radius 1 is 1.47 bits per heavy atom. The summed E-state index contributed by atoms with van der Waals surface area (Å²) in [6.07, 6.45) is 0.775. The summed E-state index contributed by atoms with van der Waals surface area (Å²) in [6.45, 7) is 1.80. The van der Waals surface area contributed by atoms with Gasteiger partial charge < -0.3 is 10.6 Å². The molecule has 0 heterocycles. The van der Waals surface area contributed by atoms with E-state index in [1.807, 2.05) is 0 Å². The summed E-state index contributed by atoms with van der Waals surface area (Å²) < 4.78 is 26.1. The van der Waals surface area contributed by atoms with E-state index in [1.54, 1.807) is 6.92 Å². The zero-order chi connectivity index (χ0) is 13.0. The van der Waals surface area contributed by atoms with Crippen molar-refractivity contribution in [1.82, 2.24) is 0 Å². The van der Waals surface area contributed by atoms with Crippen LogP contribution in [0.4, 0.5) is 14.5 Å². The quantitative estimate of drug-likeness (QED) is 0.878. The van der Waals surface area contributed by atoms with Gasteiger partial charge in [0.05, 0.1) is 5.69 Å². The van der Waals surface area contributed by atoms with Gasteiger partial charge >= 0.3 is 0 Å². The van der Waals surface area contributed by atoms with Gasteiger partial charge in [0.15, 0.2) is 0 Å². The fraction of sp³-hybridized carbons (Fsp3) is 0.417. The third kappa shape index (κ3) is 3.78. The van der Waals surface area contributed by atoms with Gasteiger partial charge in [-0.05, 0) is 25.5 Å². The molecule has 94 valence electrons. The third-order valence-electron chi connectivity index (χ3n) is 2.46. The van der Waals surface area contributed by atoms with Crippen LogP contribution in [0.2, 0.25) is 0 Å². The smallest absolute Gasteiger partial charge is 0.226 e. The van der Waals surface area contributed by atoms with E-state index in [0.29, 0.717) is 6.42 Å². The van der Waals surface area contributed by atoms with Crippen LogP contribution < -0.4 is 10.6 Å². The molecule has 0 fully saturated rings. The molecule has 0 aromatic heterocycles. The van der Waals surface area contributed by atoms with E-state index < -0.39 is 11.6 Å². The molecule has 0 saturated heterocycles. The Balaban J connectivity index is 2.74. The van der Waals surface area contributed by atoms with Gasteiger partial charge in [0.1, 0.15) is 11.6 Å². The number of benzene rings is 1. The number of carbonyl (C=O) groups excluding carboxylic acids is 1. The minimum absolute atomic E-state index is 0.0704. The second-order valence-corrected chi connectivity index (χ2v) is 4.06. The molecule has 0 bridgehead atoms. The van der Waals surface area contributed by atoms with Gasteiger partial charge in [-0.1, -0.05) is 0 Å². The highest BCUT2D eigenvalue weighted by atomic mass is 19.1. The van der Waals surface area contributed by atoms with E-state index in [-0.39, 0.29) is 24.1 Å². The molecule has 1 aromatic carbocycles. The van der Waals surface area contributed by atoms with Crippen molar-refractivity contribution < 1.29 is 13.6 Å². The molecule has 1 unspecified atom stereocenters. The van der Waals surface area contributed by atoms with Gasteiger partial charge in [-0.3, -0.25) is 4.79 Å². The highest BCUT2D eigenvalue weighted by Crippen LogP contribution is 2.19. The van der Waals surface area contributed by atoms with Crippen LogP contribution in [-0.4, -0.2) is 19.0 Å². The first-order valence-corrected chi connectivity index (χ1v) is 5.39. The summed E-state index contributed by atoms with van der Waals surface area (Å²) in [5, 5.41) is 0. The molecule has 1 atom stereocenters. The lowest BCUT2D eigenvalue weighted by atomic mass is 10.1. The number of hydrogen-bond acceptors (Lipinski definition) is 2. The average Bonchev–Trinajstić information content (AvgIpc) is 2.25. The summed E-state index contributed by atoms with van der Waals surface area (Å²) in [4.78, 5) is 12.9. The molecule has 2 N–H and O–H groups in total. The molecule has 0 radical (unpaired) electrons. The van der Waals surface area contributed by atoms with Crippen molar-refractivity contribution in [2.75, 3.05) is 11.9 Å². The maximum atomic E-state index is 13.4. The van der Waals surface area contributed by atoms with E-state index in [9.17, 15) is 13.6 Å². The minimum Gasteiger partial charge on any atom is -0.328 e. The normalized spacial score (nSPS) is 12.3. The second kappa shape index (κ2) is 5.72. The lowest BCUT2D eigenvalue weighted by Crippen LogP contribution is -2.28. The molecule has 0 aliphatic carbocycles. The Bertz CT molecular complexity index is 407. The Morgan fingerprint density at radius 2 is 2.12 bits per heavy atom. The predicted molar refractivity (Wildman–Crippen MR) is 62.7 cm³/mol. The Labute approximate surface area is 99.2 Å². The Kier molecular flexibility index (Phi) is 4.57. The number of amides is 1. The van der Waals surface area contributed by atoms with Crippen LogP contribution in [-0.2, 0) is 4.79 Å². The van der Waals surface area contributed by atoms with Gasteiger partial charge in [-0.25, -0.2) is 8.78 Å². The fourth-order valence-electron chi connectivity index (χ4n) is 1.41. The first-order chi connectivity index (χ1) is 7.91. The number of rotatable bonds is 4. The largest absolute Gasteiger partial charge is 0.328 e. The van der Waals surface area contributed by atoms with Gasteiger partial charge in [-0.15, -0.1) is 0 Å². The summed E-state index contributed by atoms with van der Waals surface area (Å²) in [5.74, 6) is -1.66. The molecule has 0 saturated carbocycles. The molecule has 1 aromatic rings. The summed E-state index contributed by atoms with van der Waals surface area (Å²) >= 11 is 0. The van der Waals surface area contributed by atoms with E-state index in [1.165, 1.54) is 18.0 Å². The number of nitrogens with two attached hydrogens (primary N) is 1. The Hall–Kier alpha value is -1.49. The number of halogens is 2. The lowest BCUT2D eigenvalue weighted by Gasteiger charge is -2.18. The van der Waals surface area contributed by atoms with Crippen LogP contribution in [0, 0.1) is 11.6 Å². The summed E-state index contributed by atoms with van der Waals surface area (Å²) in [7, 11) is 1.46. The molecular weight excluding hydrogens is 226 g/mol. The second-order valence-electron chi connectivity index (χ2n) is 4.06. The number of anilines is 1. The SMILES string of the molecule is CC(N)CCC(=O)N(C)c1ccc(F)cc1F. The van der Waals surface area contributed by atoms with E-state index >= 15 is 0 Å². The summed E-state index contributed by atoms with van der Waals surface area (Å²) in [5.41, 5.74) is 5.61. The first-order valence-electron chi connectivity index (χ1n) is 5.39. The molecule has 0 aliphatic rings. The van der Waals surface area contributed by atoms with Crippen LogP contribution in [0.1, 0.15) is 19.8 Å². The molecule has 17 heavy (non-hydrogen) atoms. The lowest BCUT2D eigenvalue weighted by molar-refractivity contribution is -0.118. The maximum Gasteiger partial charge on any atom is 0.226 e. The molecular formula is C12H16F2N2O. The van der Waals surface area contributed by atoms with Gasteiger partial charge in [0.25, 0.3) is 0 Å². The van der Waals surface area contributed by atoms with E-state index in [4.69, 9.17) is 5.73 Å². The monoisotopic (exact) mass is 242 g/mol. The Morgan fingerprint density at radius 3 is 2.65 bits per heavy atom. The van der Waals surface area contributed by atoms with Crippen LogP contribution in [0.5, 0.6) is 0 Å². The van der Waals surface area contributed by atoms with Gasteiger partial charge in [0, 0.05) is 25.6 Å². The zero-order valence-corrected chi connectivity index (χ0v) is 9.91. The molecule has 1 rings (SSSR count). The highest BCUT2D eigenvalue weighted by molar-refractivity contribution is 5.92.